The molecule has 0 saturated heterocycles. The molecule has 0 aliphatic rings. The van der Waals surface area contributed by atoms with Gasteiger partial charge in [-0.25, -0.2) is 4.39 Å². The highest BCUT2D eigenvalue weighted by atomic mass is 127. The Balaban J connectivity index is 2.19. The zero-order valence-corrected chi connectivity index (χ0v) is 13.9. The zero-order valence-electron chi connectivity index (χ0n) is 11.7. The monoisotopic (exact) mass is 385 g/mol. The van der Waals surface area contributed by atoms with E-state index in [1.54, 1.807) is 6.07 Å². The van der Waals surface area contributed by atoms with E-state index in [4.69, 9.17) is 4.74 Å². The lowest BCUT2D eigenvalue weighted by molar-refractivity contribution is 0.386. The number of rotatable bonds is 4. The summed E-state index contributed by atoms with van der Waals surface area (Å²) < 4.78 is 19.9. The Bertz CT molecular complexity index is 615. The van der Waals surface area contributed by atoms with Crippen molar-refractivity contribution in [2.24, 2.45) is 0 Å². The van der Waals surface area contributed by atoms with Gasteiger partial charge in [-0.3, -0.25) is 0 Å². The lowest BCUT2D eigenvalue weighted by atomic mass is 10.1. The highest BCUT2D eigenvalue weighted by Crippen LogP contribution is 2.26. The molecule has 106 valence electrons. The number of anilines is 1. The van der Waals surface area contributed by atoms with Crippen LogP contribution < -0.4 is 10.1 Å². The first-order valence-electron chi connectivity index (χ1n) is 6.37. The maximum Gasteiger partial charge on any atom is 0.165 e. The Hall–Kier alpha value is -1.30. The molecule has 0 fully saturated rings. The van der Waals surface area contributed by atoms with Gasteiger partial charge < -0.3 is 10.1 Å². The van der Waals surface area contributed by atoms with E-state index in [1.165, 1.54) is 22.3 Å². The van der Waals surface area contributed by atoms with Crippen LogP contribution in [0.3, 0.4) is 0 Å². The molecule has 2 aromatic carbocycles. The largest absolute Gasteiger partial charge is 0.494 e. The first kappa shape index (κ1) is 15.1. The van der Waals surface area contributed by atoms with Crippen LogP contribution in [0.5, 0.6) is 5.75 Å². The lowest BCUT2D eigenvalue weighted by Crippen LogP contribution is -2.08. The first-order valence-corrected chi connectivity index (χ1v) is 7.45. The summed E-state index contributed by atoms with van der Waals surface area (Å²) in [6, 6.07) is 11.3. The summed E-state index contributed by atoms with van der Waals surface area (Å²) >= 11 is 2.29. The summed E-state index contributed by atoms with van der Waals surface area (Å²) in [6.45, 7) is 4.07. The minimum atomic E-state index is -0.335. The van der Waals surface area contributed by atoms with Crippen LogP contribution in [0.15, 0.2) is 36.4 Å². The van der Waals surface area contributed by atoms with Crippen LogP contribution in [0.25, 0.3) is 0 Å². The predicted molar refractivity (Wildman–Crippen MR) is 88.9 cm³/mol. The van der Waals surface area contributed by atoms with Gasteiger partial charge in [0, 0.05) is 15.3 Å². The molecule has 4 heteroatoms. The number of halogens is 2. The van der Waals surface area contributed by atoms with E-state index in [9.17, 15) is 4.39 Å². The summed E-state index contributed by atoms with van der Waals surface area (Å²) in [5, 5.41) is 3.41. The van der Waals surface area contributed by atoms with Gasteiger partial charge in [0.05, 0.1) is 7.11 Å². The topological polar surface area (TPSA) is 21.3 Å². The molecule has 0 amide bonds. The number of methoxy groups -OCH3 is 1. The molecular weight excluding hydrogens is 368 g/mol. The van der Waals surface area contributed by atoms with E-state index < -0.39 is 0 Å². The molecule has 2 aromatic rings. The fourth-order valence-corrected chi connectivity index (χ4v) is 2.70. The van der Waals surface area contributed by atoms with E-state index in [2.05, 4.69) is 47.0 Å². The molecule has 2 nitrogen and oxygen atoms in total. The van der Waals surface area contributed by atoms with Gasteiger partial charge in [-0.1, -0.05) is 6.07 Å². The van der Waals surface area contributed by atoms with Crippen LogP contribution in [0.2, 0.25) is 0 Å². The van der Waals surface area contributed by atoms with Crippen molar-refractivity contribution in [2.75, 3.05) is 12.4 Å². The third-order valence-corrected chi connectivity index (χ3v) is 3.91. The number of hydrogen-bond donors (Lipinski definition) is 1. The van der Waals surface area contributed by atoms with Gasteiger partial charge in [0.15, 0.2) is 11.6 Å². The molecule has 0 aliphatic heterocycles. The Morgan fingerprint density at radius 3 is 2.55 bits per heavy atom. The van der Waals surface area contributed by atoms with Gasteiger partial charge in [-0.05, 0) is 77.9 Å². The first-order chi connectivity index (χ1) is 9.51. The maximum absolute atomic E-state index is 13.7. The lowest BCUT2D eigenvalue weighted by Gasteiger charge is -2.18. The maximum atomic E-state index is 13.7. The standard InChI is InChI=1S/C16H17FINO/c1-10-8-13(18)5-6-15(10)19-11(2)12-4-7-16(20-3)14(17)9-12/h4-9,11,19H,1-3H3. The summed E-state index contributed by atoms with van der Waals surface area (Å²) in [4.78, 5) is 0. The normalized spacial score (nSPS) is 12.1. The van der Waals surface area contributed by atoms with Gasteiger partial charge in [0.2, 0.25) is 0 Å². The molecule has 1 unspecified atom stereocenters. The van der Waals surface area contributed by atoms with E-state index in [0.717, 1.165) is 11.3 Å². The molecule has 0 aliphatic carbocycles. The van der Waals surface area contributed by atoms with Gasteiger partial charge in [-0.15, -0.1) is 0 Å². The highest BCUT2D eigenvalue weighted by Gasteiger charge is 2.10. The molecule has 2 rings (SSSR count). The second-order valence-corrected chi connectivity index (χ2v) is 5.96. The van der Waals surface area contributed by atoms with Crippen LogP contribution in [0.1, 0.15) is 24.1 Å². The highest BCUT2D eigenvalue weighted by molar-refractivity contribution is 14.1. The number of aryl methyl sites for hydroxylation is 1. The van der Waals surface area contributed by atoms with Crippen LogP contribution in [-0.4, -0.2) is 7.11 Å². The fourth-order valence-electron chi connectivity index (χ4n) is 2.06. The molecule has 20 heavy (non-hydrogen) atoms. The van der Waals surface area contributed by atoms with Gasteiger partial charge in [-0.2, -0.15) is 0 Å². The van der Waals surface area contributed by atoms with E-state index >= 15 is 0 Å². The fraction of sp³-hybridized carbons (Fsp3) is 0.250. The van der Waals surface area contributed by atoms with Crippen molar-refractivity contribution in [1.29, 1.82) is 0 Å². The Morgan fingerprint density at radius 2 is 1.95 bits per heavy atom. The van der Waals surface area contributed by atoms with Crippen LogP contribution in [0.4, 0.5) is 10.1 Å². The summed E-state index contributed by atoms with van der Waals surface area (Å²) in [5.74, 6) is -0.0654. The smallest absolute Gasteiger partial charge is 0.165 e. The third kappa shape index (κ3) is 3.42. The molecule has 0 spiro atoms. The molecule has 0 saturated carbocycles. The number of benzene rings is 2. The predicted octanol–water partition coefficient (Wildman–Crippen LogP) is 4.92. The van der Waals surface area contributed by atoms with E-state index in [-0.39, 0.29) is 17.6 Å². The van der Waals surface area contributed by atoms with Crippen molar-refractivity contribution < 1.29 is 9.13 Å². The molecule has 0 heterocycles. The quantitative estimate of drug-likeness (QED) is 0.755. The van der Waals surface area contributed by atoms with Gasteiger partial charge in [0.25, 0.3) is 0 Å². The summed E-state index contributed by atoms with van der Waals surface area (Å²) in [5.41, 5.74) is 3.13. The van der Waals surface area contributed by atoms with Gasteiger partial charge >= 0.3 is 0 Å². The second kappa shape index (κ2) is 6.43. The van der Waals surface area contributed by atoms with Crippen LogP contribution >= 0.6 is 22.6 Å². The van der Waals surface area contributed by atoms with Crippen molar-refractivity contribution >= 4 is 28.3 Å². The van der Waals surface area contributed by atoms with E-state index in [0.29, 0.717) is 0 Å². The van der Waals surface area contributed by atoms with Crippen molar-refractivity contribution in [3.63, 3.8) is 0 Å². The molecule has 0 aromatic heterocycles. The average molecular weight is 385 g/mol. The second-order valence-electron chi connectivity index (χ2n) is 4.72. The zero-order chi connectivity index (χ0) is 14.7. The minimum absolute atomic E-state index is 0.0224. The van der Waals surface area contributed by atoms with Crippen LogP contribution in [-0.2, 0) is 0 Å². The minimum Gasteiger partial charge on any atom is -0.494 e. The number of ether oxygens (including phenoxy) is 1. The van der Waals surface area contributed by atoms with E-state index in [1.807, 2.05) is 19.1 Å². The number of hydrogen-bond acceptors (Lipinski definition) is 2. The molecule has 0 radical (unpaired) electrons. The molecule has 1 atom stereocenters. The average Bonchev–Trinajstić information content (AvgIpc) is 2.41. The Morgan fingerprint density at radius 1 is 1.20 bits per heavy atom. The third-order valence-electron chi connectivity index (χ3n) is 3.24. The van der Waals surface area contributed by atoms with Crippen LogP contribution in [0, 0.1) is 16.3 Å². The van der Waals surface area contributed by atoms with Crippen molar-refractivity contribution in [1.82, 2.24) is 0 Å². The number of nitrogens with one attached hydrogen (secondary N) is 1. The summed E-state index contributed by atoms with van der Waals surface area (Å²) in [7, 11) is 1.47. The van der Waals surface area contributed by atoms with Crippen molar-refractivity contribution in [3.05, 3.63) is 56.9 Å². The Labute approximate surface area is 132 Å². The Kier molecular flexibility index (Phi) is 4.86. The molecular formula is C16H17FINO. The summed E-state index contributed by atoms with van der Waals surface area (Å²) in [6.07, 6.45) is 0. The molecule has 1 N–H and O–H groups in total. The van der Waals surface area contributed by atoms with Crippen molar-refractivity contribution in [2.45, 2.75) is 19.9 Å². The van der Waals surface area contributed by atoms with Crippen molar-refractivity contribution in [3.8, 4) is 5.75 Å². The SMILES string of the molecule is COc1ccc(C(C)Nc2ccc(I)cc2C)cc1F. The van der Waals surface area contributed by atoms with Gasteiger partial charge in [0.1, 0.15) is 0 Å². The molecule has 0 bridgehead atoms.